The summed E-state index contributed by atoms with van der Waals surface area (Å²) < 4.78 is 28.9. The third-order valence-electron chi connectivity index (χ3n) is 6.07. The largest absolute Gasteiger partial charge is 0.381 e. The van der Waals surface area contributed by atoms with Crippen molar-refractivity contribution >= 4 is 11.5 Å². The lowest BCUT2D eigenvalue weighted by Gasteiger charge is -2.29. The lowest BCUT2D eigenvalue weighted by Crippen LogP contribution is -2.37. The van der Waals surface area contributed by atoms with E-state index in [2.05, 4.69) is 10.00 Å². The molecule has 6 rings (SSSR count). The smallest absolute Gasteiger partial charge is 0.160 e. The number of nitrogens with zero attached hydrogens (tertiary/aromatic N) is 6. The summed E-state index contributed by atoms with van der Waals surface area (Å²) in [6, 6.07) is 12.5. The Morgan fingerprint density at radius 3 is 2.66 bits per heavy atom. The van der Waals surface area contributed by atoms with E-state index in [0.29, 0.717) is 36.9 Å². The second-order valence-corrected chi connectivity index (χ2v) is 8.10. The number of aromatic nitrogens is 5. The summed E-state index contributed by atoms with van der Waals surface area (Å²) >= 11 is 0. The van der Waals surface area contributed by atoms with E-state index in [9.17, 15) is 4.39 Å². The topological polar surface area (TPSA) is 69.7 Å². The van der Waals surface area contributed by atoms with Crippen LogP contribution in [0.15, 0.2) is 48.7 Å². The molecule has 9 heteroatoms. The quantitative estimate of drug-likeness (QED) is 0.492. The molecule has 0 bridgehead atoms. The molecule has 2 aliphatic rings. The van der Waals surface area contributed by atoms with Gasteiger partial charge in [0.25, 0.3) is 0 Å². The molecule has 1 aromatic carbocycles. The van der Waals surface area contributed by atoms with Crippen LogP contribution >= 0.6 is 0 Å². The van der Waals surface area contributed by atoms with E-state index in [1.807, 2.05) is 22.8 Å². The average molecular weight is 434 g/mol. The van der Waals surface area contributed by atoms with Crippen molar-refractivity contribution in [2.75, 3.05) is 44.4 Å². The SMILES string of the molecule is Fc1ccccc1-c1ccn(-c2cc(N3CCOCC3)n3nc(C4CCOC4)cc3n2)n1. The number of halogens is 1. The number of rotatable bonds is 4. The first-order valence-electron chi connectivity index (χ1n) is 10.9. The Kier molecular flexibility index (Phi) is 4.84. The Balaban J connectivity index is 1.45. The summed E-state index contributed by atoms with van der Waals surface area (Å²) in [6.45, 7) is 4.35. The van der Waals surface area contributed by atoms with Crippen molar-refractivity contribution in [2.24, 2.45) is 0 Å². The Morgan fingerprint density at radius 2 is 1.84 bits per heavy atom. The number of anilines is 1. The van der Waals surface area contributed by atoms with Crippen molar-refractivity contribution in [2.45, 2.75) is 12.3 Å². The van der Waals surface area contributed by atoms with Crippen molar-refractivity contribution in [1.29, 1.82) is 0 Å². The maximum atomic E-state index is 14.2. The maximum absolute atomic E-state index is 14.2. The van der Waals surface area contributed by atoms with Crippen LogP contribution in [0.4, 0.5) is 10.2 Å². The van der Waals surface area contributed by atoms with Gasteiger partial charge in [-0.3, -0.25) is 0 Å². The maximum Gasteiger partial charge on any atom is 0.160 e. The van der Waals surface area contributed by atoms with Crippen LogP contribution in [0.2, 0.25) is 0 Å². The van der Waals surface area contributed by atoms with Crippen LogP contribution in [0.3, 0.4) is 0 Å². The number of hydrogen-bond donors (Lipinski definition) is 0. The molecule has 0 aliphatic carbocycles. The van der Waals surface area contributed by atoms with Crippen LogP contribution in [0.25, 0.3) is 22.7 Å². The van der Waals surface area contributed by atoms with E-state index in [1.165, 1.54) is 6.07 Å². The summed E-state index contributed by atoms with van der Waals surface area (Å²) in [5, 5.41) is 9.49. The van der Waals surface area contributed by atoms with E-state index in [4.69, 9.17) is 19.6 Å². The minimum Gasteiger partial charge on any atom is -0.381 e. The average Bonchev–Trinajstić information content (AvgIpc) is 3.59. The Morgan fingerprint density at radius 1 is 0.969 bits per heavy atom. The van der Waals surface area contributed by atoms with E-state index in [0.717, 1.165) is 43.3 Å². The molecular formula is C23H23FN6O2. The molecule has 3 aromatic heterocycles. The van der Waals surface area contributed by atoms with Crippen LogP contribution in [-0.4, -0.2) is 63.9 Å². The van der Waals surface area contributed by atoms with Crippen molar-refractivity contribution in [3.05, 3.63) is 60.2 Å². The van der Waals surface area contributed by atoms with Crippen molar-refractivity contribution in [3.63, 3.8) is 0 Å². The summed E-state index contributed by atoms with van der Waals surface area (Å²) in [5.41, 5.74) is 2.78. The predicted molar refractivity (Wildman–Crippen MR) is 117 cm³/mol. The van der Waals surface area contributed by atoms with Gasteiger partial charge in [0, 0.05) is 49.5 Å². The van der Waals surface area contributed by atoms with Crippen LogP contribution in [0.1, 0.15) is 18.0 Å². The van der Waals surface area contributed by atoms with Crippen LogP contribution in [0, 0.1) is 5.82 Å². The Labute approximate surface area is 184 Å². The molecule has 2 saturated heterocycles. The van der Waals surface area contributed by atoms with E-state index < -0.39 is 0 Å². The minimum atomic E-state index is -0.297. The molecule has 2 fully saturated rings. The third kappa shape index (κ3) is 3.43. The summed E-state index contributed by atoms with van der Waals surface area (Å²) in [6.07, 6.45) is 2.78. The lowest BCUT2D eigenvalue weighted by atomic mass is 10.1. The molecule has 1 unspecified atom stereocenters. The summed E-state index contributed by atoms with van der Waals surface area (Å²) in [4.78, 5) is 7.09. The van der Waals surface area contributed by atoms with E-state index in [1.54, 1.807) is 28.9 Å². The molecule has 0 spiro atoms. The van der Waals surface area contributed by atoms with Gasteiger partial charge in [-0.05, 0) is 24.6 Å². The van der Waals surface area contributed by atoms with Gasteiger partial charge in [0.15, 0.2) is 11.5 Å². The molecule has 0 radical (unpaired) electrons. The Hall–Kier alpha value is -3.30. The highest BCUT2D eigenvalue weighted by atomic mass is 19.1. The van der Waals surface area contributed by atoms with Crippen molar-refractivity contribution in [1.82, 2.24) is 24.4 Å². The van der Waals surface area contributed by atoms with Crippen LogP contribution < -0.4 is 4.90 Å². The number of morpholine rings is 1. The van der Waals surface area contributed by atoms with Gasteiger partial charge < -0.3 is 14.4 Å². The molecule has 0 N–H and O–H groups in total. The number of hydrogen-bond acceptors (Lipinski definition) is 6. The van der Waals surface area contributed by atoms with E-state index >= 15 is 0 Å². The van der Waals surface area contributed by atoms with Crippen LogP contribution in [0.5, 0.6) is 0 Å². The molecule has 1 atom stereocenters. The molecule has 4 aromatic rings. The van der Waals surface area contributed by atoms with Gasteiger partial charge in [-0.25, -0.2) is 14.1 Å². The monoisotopic (exact) mass is 434 g/mol. The van der Waals surface area contributed by atoms with Gasteiger partial charge in [0.2, 0.25) is 0 Å². The van der Waals surface area contributed by atoms with Crippen molar-refractivity contribution in [3.8, 4) is 17.1 Å². The first kappa shape index (κ1) is 19.4. The Bertz CT molecular complexity index is 1260. The van der Waals surface area contributed by atoms with Gasteiger partial charge in [-0.2, -0.15) is 14.7 Å². The lowest BCUT2D eigenvalue weighted by molar-refractivity contribution is 0.122. The fraction of sp³-hybridized carbons (Fsp3) is 0.348. The molecule has 164 valence electrons. The van der Waals surface area contributed by atoms with Gasteiger partial charge >= 0.3 is 0 Å². The molecule has 8 nitrogen and oxygen atoms in total. The van der Waals surface area contributed by atoms with Gasteiger partial charge in [-0.15, -0.1) is 0 Å². The van der Waals surface area contributed by atoms with Gasteiger partial charge in [-0.1, -0.05) is 12.1 Å². The van der Waals surface area contributed by atoms with E-state index in [-0.39, 0.29) is 11.7 Å². The second kappa shape index (κ2) is 7.99. The molecular weight excluding hydrogens is 411 g/mol. The van der Waals surface area contributed by atoms with Gasteiger partial charge in [0.05, 0.1) is 31.2 Å². The molecule has 2 aliphatic heterocycles. The number of fused-ring (bicyclic) bond motifs is 1. The normalized spacial score (nSPS) is 19.2. The first-order valence-corrected chi connectivity index (χ1v) is 10.9. The molecule has 32 heavy (non-hydrogen) atoms. The number of ether oxygens (including phenoxy) is 2. The summed E-state index contributed by atoms with van der Waals surface area (Å²) in [5.74, 6) is 1.60. The highest BCUT2D eigenvalue weighted by Crippen LogP contribution is 2.28. The highest BCUT2D eigenvalue weighted by Gasteiger charge is 2.24. The zero-order valence-electron chi connectivity index (χ0n) is 17.5. The number of benzene rings is 1. The zero-order valence-corrected chi connectivity index (χ0v) is 17.5. The standard InChI is InChI=1S/C23H23FN6O2/c24-18-4-2-1-3-17(18)19-5-7-29(26-19)21-14-23(28-8-11-31-12-9-28)30-22(25-21)13-20(27-30)16-6-10-32-15-16/h1-5,7,13-14,16H,6,8-12,15H2. The highest BCUT2D eigenvalue weighted by molar-refractivity contribution is 5.60. The molecule has 0 amide bonds. The fourth-order valence-corrected chi connectivity index (χ4v) is 4.33. The summed E-state index contributed by atoms with van der Waals surface area (Å²) in [7, 11) is 0. The fourth-order valence-electron chi connectivity index (χ4n) is 4.33. The second-order valence-electron chi connectivity index (χ2n) is 8.10. The minimum absolute atomic E-state index is 0.287. The van der Waals surface area contributed by atoms with Crippen molar-refractivity contribution < 1.29 is 13.9 Å². The first-order chi connectivity index (χ1) is 15.8. The predicted octanol–water partition coefficient (Wildman–Crippen LogP) is 3.06. The van der Waals surface area contributed by atoms with Gasteiger partial charge in [0.1, 0.15) is 11.6 Å². The molecule has 0 saturated carbocycles. The third-order valence-corrected chi connectivity index (χ3v) is 6.07. The van der Waals surface area contributed by atoms with Crippen LogP contribution in [-0.2, 0) is 9.47 Å². The zero-order chi connectivity index (χ0) is 21.5. The molecule has 5 heterocycles.